The molecule has 0 aliphatic heterocycles. The van der Waals surface area contributed by atoms with Crippen LogP contribution in [0.25, 0.3) is 0 Å². The second-order valence-corrected chi connectivity index (χ2v) is 6.11. The van der Waals surface area contributed by atoms with Crippen molar-refractivity contribution < 1.29 is 0 Å². The predicted octanol–water partition coefficient (Wildman–Crippen LogP) is 4.10. The van der Waals surface area contributed by atoms with Crippen molar-refractivity contribution in [2.45, 2.75) is 56.9 Å². The van der Waals surface area contributed by atoms with Gasteiger partial charge in [0.05, 0.1) is 0 Å². The van der Waals surface area contributed by atoms with Gasteiger partial charge in [-0.2, -0.15) is 0 Å². The van der Waals surface area contributed by atoms with E-state index in [1.807, 2.05) is 0 Å². The van der Waals surface area contributed by atoms with E-state index in [9.17, 15) is 0 Å². The fourth-order valence-corrected chi connectivity index (χ4v) is 3.44. The molecule has 1 aromatic rings. The van der Waals surface area contributed by atoms with Gasteiger partial charge in [-0.05, 0) is 30.9 Å². The van der Waals surface area contributed by atoms with Gasteiger partial charge in [-0.15, -0.1) is 0 Å². The Hall–Kier alpha value is -0.820. The first-order valence-corrected chi connectivity index (χ1v) is 7.72. The summed E-state index contributed by atoms with van der Waals surface area (Å²) in [5, 5.41) is 3.75. The minimum atomic E-state index is 0.760. The number of benzene rings is 1. The van der Waals surface area contributed by atoms with E-state index in [2.05, 4.69) is 35.6 Å². The largest absolute Gasteiger partial charge is 0.313 e. The maximum atomic E-state index is 3.75. The van der Waals surface area contributed by atoms with Gasteiger partial charge < -0.3 is 5.32 Å². The van der Waals surface area contributed by atoms with Crippen LogP contribution in [0, 0.1) is 5.92 Å². The normalized spacial score (nSPS) is 28.2. The van der Waals surface area contributed by atoms with Gasteiger partial charge >= 0.3 is 0 Å². The first-order valence-electron chi connectivity index (χ1n) is 7.72. The summed E-state index contributed by atoms with van der Waals surface area (Å²) in [6.07, 6.45) is 10.1. The molecule has 1 heteroatoms. The predicted molar refractivity (Wildman–Crippen MR) is 76.8 cm³/mol. The SMILES string of the molecule is c1ccc([C@H]2C[C@@H]2NCCC2CCCCC2)cc1. The molecule has 0 bridgehead atoms. The second kappa shape index (κ2) is 5.88. The van der Waals surface area contributed by atoms with Crippen LogP contribution in [0.1, 0.15) is 56.4 Å². The molecule has 3 rings (SSSR count). The van der Waals surface area contributed by atoms with E-state index < -0.39 is 0 Å². The molecule has 1 aromatic carbocycles. The van der Waals surface area contributed by atoms with Gasteiger partial charge in [0, 0.05) is 12.0 Å². The molecule has 2 atom stereocenters. The molecule has 0 saturated heterocycles. The lowest BCUT2D eigenvalue weighted by Gasteiger charge is -2.21. The Morgan fingerprint density at radius 3 is 2.56 bits per heavy atom. The highest BCUT2D eigenvalue weighted by Gasteiger charge is 2.37. The highest BCUT2D eigenvalue weighted by Crippen LogP contribution is 2.40. The first-order chi connectivity index (χ1) is 8.93. The van der Waals surface area contributed by atoms with Crippen LogP contribution >= 0.6 is 0 Å². The monoisotopic (exact) mass is 243 g/mol. The van der Waals surface area contributed by atoms with E-state index in [1.54, 1.807) is 0 Å². The van der Waals surface area contributed by atoms with Crippen LogP contribution in [0.5, 0.6) is 0 Å². The first kappa shape index (κ1) is 12.2. The molecule has 1 nitrogen and oxygen atoms in total. The average Bonchev–Trinajstić information content (AvgIpc) is 3.21. The van der Waals surface area contributed by atoms with E-state index >= 15 is 0 Å². The van der Waals surface area contributed by atoms with Crippen LogP contribution in [0.4, 0.5) is 0 Å². The Morgan fingerprint density at radius 2 is 1.78 bits per heavy atom. The van der Waals surface area contributed by atoms with Crippen LogP contribution in [0.3, 0.4) is 0 Å². The van der Waals surface area contributed by atoms with E-state index in [-0.39, 0.29) is 0 Å². The van der Waals surface area contributed by atoms with Crippen molar-refractivity contribution in [1.29, 1.82) is 0 Å². The number of hydrogen-bond donors (Lipinski definition) is 1. The minimum absolute atomic E-state index is 0.760. The lowest BCUT2D eigenvalue weighted by Crippen LogP contribution is -2.22. The smallest absolute Gasteiger partial charge is 0.0143 e. The molecule has 0 amide bonds. The summed E-state index contributed by atoms with van der Waals surface area (Å²) >= 11 is 0. The Balaban J connectivity index is 1.36. The molecule has 0 aromatic heterocycles. The van der Waals surface area contributed by atoms with Crippen molar-refractivity contribution in [2.24, 2.45) is 5.92 Å². The summed E-state index contributed by atoms with van der Waals surface area (Å²) in [7, 11) is 0. The van der Waals surface area contributed by atoms with Gasteiger partial charge in [-0.25, -0.2) is 0 Å². The Labute approximate surface area is 111 Å². The lowest BCUT2D eigenvalue weighted by molar-refractivity contribution is 0.333. The van der Waals surface area contributed by atoms with Crippen molar-refractivity contribution in [3.63, 3.8) is 0 Å². The molecular formula is C17H25N. The highest BCUT2D eigenvalue weighted by atomic mass is 15.0. The summed E-state index contributed by atoms with van der Waals surface area (Å²) in [5.74, 6) is 1.80. The van der Waals surface area contributed by atoms with Crippen LogP contribution in [-0.4, -0.2) is 12.6 Å². The number of rotatable bonds is 5. The van der Waals surface area contributed by atoms with Gasteiger partial charge in [-0.3, -0.25) is 0 Å². The molecular weight excluding hydrogens is 218 g/mol. The molecule has 1 N–H and O–H groups in total. The molecule has 0 radical (unpaired) electrons. The average molecular weight is 243 g/mol. The second-order valence-electron chi connectivity index (χ2n) is 6.11. The number of hydrogen-bond acceptors (Lipinski definition) is 1. The van der Waals surface area contributed by atoms with E-state index in [4.69, 9.17) is 0 Å². The Morgan fingerprint density at radius 1 is 1.00 bits per heavy atom. The van der Waals surface area contributed by atoms with Gasteiger partial charge in [0.15, 0.2) is 0 Å². The lowest BCUT2D eigenvalue weighted by atomic mass is 9.87. The Kier molecular flexibility index (Phi) is 3.99. The minimum Gasteiger partial charge on any atom is -0.313 e. The third-order valence-corrected chi connectivity index (χ3v) is 4.70. The molecule has 0 spiro atoms. The third-order valence-electron chi connectivity index (χ3n) is 4.70. The van der Waals surface area contributed by atoms with Gasteiger partial charge in [-0.1, -0.05) is 62.4 Å². The summed E-state index contributed by atoms with van der Waals surface area (Å²) in [6.45, 7) is 1.23. The van der Waals surface area contributed by atoms with Crippen LogP contribution in [0.15, 0.2) is 30.3 Å². The summed E-state index contributed by atoms with van der Waals surface area (Å²) in [5.41, 5.74) is 1.52. The number of nitrogens with one attached hydrogen (secondary N) is 1. The fraction of sp³-hybridized carbons (Fsp3) is 0.647. The zero-order chi connectivity index (χ0) is 12.2. The molecule has 0 heterocycles. The summed E-state index contributed by atoms with van der Waals surface area (Å²) < 4.78 is 0. The molecule has 0 unspecified atom stereocenters. The molecule has 2 fully saturated rings. The topological polar surface area (TPSA) is 12.0 Å². The summed E-state index contributed by atoms with van der Waals surface area (Å²) in [6, 6.07) is 11.7. The van der Waals surface area contributed by atoms with Crippen LogP contribution in [-0.2, 0) is 0 Å². The quantitative estimate of drug-likeness (QED) is 0.821. The maximum Gasteiger partial charge on any atom is 0.0143 e. The van der Waals surface area contributed by atoms with Gasteiger partial charge in [0.2, 0.25) is 0 Å². The van der Waals surface area contributed by atoms with Crippen molar-refractivity contribution in [1.82, 2.24) is 5.32 Å². The van der Waals surface area contributed by atoms with E-state index in [0.717, 1.165) is 17.9 Å². The van der Waals surface area contributed by atoms with Gasteiger partial charge in [0.25, 0.3) is 0 Å². The zero-order valence-electron chi connectivity index (χ0n) is 11.3. The van der Waals surface area contributed by atoms with Crippen molar-refractivity contribution in [2.75, 3.05) is 6.54 Å². The van der Waals surface area contributed by atoms with Crippen molar-refractivity contribution in [3.8, 4) is 0 Å². The van der Waals surface area contributed by atoms with Crippen LogP contribution in [0.2, 0.25) is 0 Å². The zero-order valence-corrected chi connectivity index (χ0v) is 11.3. The molecule has 18 heavy (non-hydrogen) atoms. The van der Waals surface area contributed by atoms with E-state index in [1.165, 1.54) is 57.1 Å². The van der Waals surface area contributed by atoms with Crippen molar-refractivity contribution in [3.05, 3.63) is 35.9 Å². The molecule has 2 aliphatic rings. The van der Waals surface area contributed by atoms with E-state index in [0.29, 0.717) is 0 Å². The molecule has 2 aliphatic carbocycles. The third kappa shape index (κ3) is 3.14. The maximum absolute atomic E-state index is 3.75. The van der Waals surface area contributed by atoms with Gasteiger partial charge in [0.1, 0.15) is 0 Å². The highest BCUT2D eigenvalue weighted by molar-refractivity contribution is 5.27. The Bertz CT molecular complexity index is 353. The van der Waals surface area contributed by atoms with Crippen molar-refractivity contribution >= 4 is 0 Å². The fourth-order valence-electron chi connectivity index (χ4n) is 3.44. The standard InChI is InChI=1S/C17H25N/c1-3-7-14(8-4-1)11-12-18-17-13-16(17)15-9-5-2-6-10-15/h2,5-6,9-10,14,16-18H,1,3-4,7-8,11-13H2/t16-,17+/m1/s1. The molecule has 98 valence electrons. The van der Waals surface area contributed by atoms with Crippen LogP contribution < -0.4 is 5.32 Å². The molecule has 2 saturated carbocycles. The summed E-state index contributed by atoms with van der Waals surface area (Å²) in [4.78, 5) is 0.